The van der Waals surface area contributed by atoms with Crippen molar-refractivity contribution >= 4 is 5.91 Å². The van der Waals surface area contributed by atoms with Crippen molar-refractivity contribution < 1.29 is 13.9 Å². The number of likely N-dealkylation sites (tertiary alicyclic amines) is 1. The topological polar surface area (TPSA) is 59.4 Å². The van der Waals surface area contributed by atoms with E-state index in [1.807, 2.05) is 19.4 Å². The van der Waals surface area contributed by atoms with Crippen LogP contribution in [0.1, 0.15) is 24.4 Å². The minimum Gasteiger partial charge on any atom is -0.492 e. The smallest absolute Gasteiger partial charge is 0.234 e. The zero-order valence-electron chi connectivity index (χ0n) is 14.3. The third-order valence-corrected chi connectivity index (χ3v) is 4.33. The van der Waals surface area contributed by atoms with Gasteiger partial charge in [-0.3, -0.25) is 14.4 Å². The van der Waals surface area contributed by atoms with Gasteiger partial charge in [0.1, 0.15) is 18.2 Å². The van der Waals surface area contributed by atoms with E-state index in [1.165, 1.54) is 12.1 Å². The monoisotopic (exact) mass is 346 g/mol. The number of ether oxygens (including phenoxy) is 1. The van der Waals surface area contributed by atoms with Gasteiger partial charge in [0.25, 0.3) is 0 Å². The molecule has 1 atom stereocenters. The highest BCUT2D eigenvalue weighted by Crippen LogP contribution is 2.30. The first kappa shape index (κ1) is 17.4. The zero-order chi connectivity index (χ0) is 17.6. The molecule has 1 amide bonds. The first-order valence-electron chi connectivity index (χ1n) is 8.49. The largest absolute Gasteiger partial charge is 0.492 e. The van der Waals surface area contributed by atoms with E-state index in [0.29, 0.717) is 25.4 Å². The summed E-state index contributed by atoms with van der Waals surface area (Å²) in [4.78, 5) is 14.3. The van der Waals surface area contributed by atoms with Gasteiger partial charge in [0, 0.05) is 24.8 Å². The molecule has 0 spiro atoms. The minimum atomic E-state index is -0.297. The lowest BCUT2D eigenvalue weighted by Gasteiger charge is -2.22. The number of benzene rings is 1. The number of nitrogens with one attached hydrogen (secondary N) is 1. The molecule has 1 aliphatic heterocycles. The molecule has 0 radical (unpaired) electrons. The van der Waals surface area contributed by atoms with Gasteiger partial charge in [0.2, 0.25) is 5.91 Å². The lowest BCUT2D eigenvalue weighted by atomic mass is 10.1. The summed E-state index contributed by atoms with van der Waals surface area (Å²) in [7, 11) is 1.90. The molecular formula is C18H23FN4O2. The number of aromatic nitrogens is 2. The predicted molar refractivity (Wildman–Crippen MR) is 91.7 cm³/mol. The molecule has 2 heterocycles. The maximum atomic E-state index is 12.8. The standard InChI is InChI=1S/C18H23FN4O2/c1-22-12-14(11-21-22)17-3-2-9-23(17)13-18(24)20-8-10-25-16-6-4-15(19)5-7-16/h4-7,11-12,17H,2-3,8-10,13H2,1H3,(H,20,24). The fourth-order valence-corrected chi connectivity index (χ4v) is 3.14. The average Bonchev–Trinajstić information content (AvgIpc) is 3.22. The Balaban J connectivity index is 1.40. The highest BCUT2D eigenvalue weighted by Gasteiger charge is 2.28. The molecule has 3 rings (SSSR count). The molecule has 2 aromatic rings. The Kier molecular flexibility index (Phi) is 5.65. The van der Waals surface area contributed by atoms with Crippen molar-refractivity contribution in [2.24, 2.45) is 7.05 Å². The summed E-state index contributed by atoms with van der Waals surface area (Å²) in [6.07, 6.45) is 6.02. The number of amides is 1. The summed E-state index contributed by atoms with van der Waals surface area (Å²) in [5.41, 5.74) is 1.16. The molecule has 0 saturated carbocycles. The van der Waals surface area contributed by atoms with Crippen LogP contribution >= 0.6 is 0 Å². The molecule has 1 aromatic carbocycles. The SMILES string of the molecule is Cn1cc(C2CCCN2CC(=O)NCCOc2ccc(F)cc2)cn1. The van der Waals surface area contributed by atoms with Crippen LogP contribution in [0.2, 0.25) is 0 Å². The van der Waals surface area contributed by atoms with E-state index in [2.05, 4.69) is 15.3 Å². The Morgan fingerprint density at radius 2 is 2.20 bits per heavy atom. The second-order valence-corrected chi connectivity index (χ2v) is 6.23. The number of aryl methyl sites for hydroxylation is 1. The van der Waals surface area contributed by atoms with Gasteiger partial charge in [-0.15, -0.1) is 0 Å². The third-order valence-electron chi connectivity index (χ3n) is 4.33. The molecular weight excluding hydrogens is 323 g/mol. The molecule has 1 unspecified atom stereocenters. The fourth-order valence-electron chi connectivity index (χ4n) is 3.14. The van der Waals surface area contributed by atoms with Gasteiger partial charge in [0.15, 0.2) is 0 Å². The highest BCUT2D eigenvalue weighted by atomic mass is 19.1. The summed E-state index contributed by atoms with van der Waals surface area (Å²) >= 11 is 0. The van der Waals surface area contributed by atoms with Gasteiger partial charge in [-0.1, -0.05) is 0 Å². The van der Waals surface area contributed by atoms with Crippen LogP contribution in [0.25, 0.3) is 0 Å². The van der Waals surface area contributed by atoms with Gasteiger partial charge in [-0.25, -0.2) is 4.39 Å². The minimum absolute atomic E-state index is 0.0153. The Labute approximate surface area is 146 Å². The van der Waals surface area contributed by atoms with Crippen LogP contribution in [0.15, 0.2) is 36.7 Å². The number of hydrogen-bond acceptors (Lipinski definition) is 4. The second kappa shape index (κ2) is 8.11. The molecule has 6 nitrogen and oxygen atoms in total. The van der Waals surface area contributed by atoms with Crippen molar-refractivity contribution in [1.29, 1.82) is 0 Å². The number of halogens is 1. The van der Waals surface area contributed by atoms with Crippen molar-refractivity contribution in [3.63, 3.8) is 0 Å². The molecule has 7 heteroatoms. The molecule has 1 aliphatic rings. The molecule has 1 saturated heterocycles. The van der Waals surface area contributed by atoms with Gasteiger partial charge in [0.05, 0.1) is 19.3 Å². The van der Waals surface area contributed by atoms with Crippen LogP contribution in [0.4, 0.5) is 4.39 Å². The first-order chi connectivity index (χ1) is 12.1. The van der Waals surface area contributed by atoms with E-state index in [9.17, 15) is 9.18 Å². The number of carbonyl (C=O) groups excluding carboxylic acids is 1. The van der Waals surface area contributed by atoms with Gasteiger partial charge < -0.3 is 10.1 Å². The van der Waals surface area contributed by atoms with Crippen molar-refractivity contribution in [3.8, 4) is 5.75 Å². The Morgan fingerprint density at radius 3 is 2.92 bits per heavy atom. The fraction of sp³-hybridized carbons (Fsp3) is 0.444. The van der Waals surface area contributed by atoms with Crippen LogP contribution in [-0.4, -0.2) is 46.8 Å². The zero-order valence-corrected chi connectivity index (χ0v) is 14.3. The van der Waals surface area contributed by atoms with Gasteiger partial charge >= 0.3 is 0 Å². The van der Waals surface area contributed by atoms with E-state index in [4.69, 9.17) is 4.74 Å². The first-order valence-corrected chi connectivity index (χ1v) is 8.49. The molecule has 0 bridgehead atoms. The summed E-state index contributed by atoms with van der Waals surface area (Å²) in [6, 6.07) is 6.09. The number of rotatable bonds is 7. The lowest BCUT2D eigenvalue weighted by Crippen LogP contribution is -2.38. The molecule has 1 fully saturated rings. The van der Waals surface area contributed by atoms with E-state index in [-0.39, 0.29) is 17.8 Å². The molecule has 1 N–H and O–H groups in total. The number of carbonyl (C=O) groups is 1. The summed E-state index contributed by atoms with van der Waals surface area (Å²) in [6.45, 7) is 2.06. The van der Waals surface area contributed by atoms with E-state index in [1.54, 1.807) is 16.8 Å². The van der Waals surface area contributed by atoms with Crippen LogP contribution in [0.5, 0.6) is 5.75 Å². The van der Waals surface area contributed by atoms with Crippen molar-refractivity contribution in [2.75, 3.05) is 26.2 Å². The van der Waals surface area contributed by atoms with Gasteiger partial charge in [-0.2, -0.15) is 5.10 Å². The predicted octanol–water partition coefficient (Wildman–Crippen LogP) is 1.89. The maximum Gasteiger partial charge on any atom is 0.234 e. The van der Waals surface area contributed by atoms with Crippen LogP contribution < -0.4 is 10.1 Å². The molecule has 0 aliphatic carbocycles. The molecule has 134 valence electrons. The Bertz CT molecular complexity index is 701. The van der Waals surface area contributed by atoms with E-state index in [0.717, 1.165) is 24.9 Å². The van der Waals surface area contributed by atoms with Crippen LogP contribution in [-0.2, 0) is 11.8 Å². The summed E-state index contributed by atoms with van der Waals surface area (Å²) in [5, 5.41) is 7.09. The van der Waals surface area contributed by atoms with E-state index >= 15 is 0 Å². The van der Waals surface area contributed by atoms with Crippen molar-refractivity contribution in [2.45, 2.75) is 18.9 Å². The third kappa shape index (κ3) is 4.79. The van der Waals surface area contributed by atoms with Crippen LogP contribution in [0.3, 0.4) is 0 Å². The number of nitrogens with zero attached hydrogens (tertiary/aromatic N) is 3. The lowest BCUT2D eigenvalue weighted by molar-refractivity contribution is -0.122. The maximum absolute atomic E-state index is 12.8. The van der Waals surface area contributed by atoms with Crippen molar-refractivity contribution in [3.05, 3.63) is 48.0 Å². The molecule has 1 aromatic heterocycles. The quantitative estimate of drug-likeness (QED) is 0.778. The normalized spacial score (nSPS) is 17.6. The average molecular weight is 346 g/mol. The molecule has 25 heavy (non-hydrogen) atoms. The Hall–Kier alpha value is -2.41. The number of hydrogen-bond donors (Lipinski definition) is 1. The van der Waals surface area contributed by atoms with E-state index < -0.39 is 0 Å². The van der Waals surface area contributed by atoms with Crippen LogP contribution in [0, 0.1) is 5.82 Å². The van der Waals surface area contributed by atoms with Gasteiger partial charge in [-0.05, 0) is 43.7 Å². The Morgan fingerprint density at radius 1 is 1.40 bits per heavy atom. The highest BCUT2D eigenvalue weighted by molar-refractivity contribution is 5.78. The summed E-state index contributed by atoms with van der Waals surface area (Å²) < 4.78 is 20.1. The summed E-state index contributed by atoms with van der Waals surface area (Å²) in [5.74, 6) is 0.278. The second-order valence-electron chi connectivity index (χ2n) is 6.23. The van der Waals surface area contributed by atoms with Crippen molar-refractivity contribution in [1.82, 2.24) is 20.0 Å².